The maximum absolute atomic E-state index is 14.6. The van der Waals surface area contributed by atoms with Crippen LogP contribution in [0.15, 0.2) is 93.9 Å². The van der Waals surface area contributed by atoms with Gasteiger partial charge in [0.1, 0.15) is 22.1 Å². The van der Waals surface area contributed by atoms with Gasteiger partial charge in [0.2, 0.25) is 0 Å². The summed E-state index contributed by atoms with van der Waals surface area (Å²) in [6.07, 6.45) is 1.20. The molecular formula is C35H33N3O6S. The van der Waals surface area contributed by atoms with Crippen molar-refractivity contribution in [1.29, 1.82) is 0 Å². The van der Waals surface area contributed by atoms with E-state index >= 15 is 0 Å². The van der Waals surface area contributed by atoms with Gasteiger partial charge in [0.15, 0.2) is 4.80 Å². The molecule has 45 heavy (non-hydrogen) atoms. The summed E-state index contributed by atoms with van der Waals surface area (Å²) in [5, 5.41) is 0. The van der Waals surface area contributed by atoms with E-state index in [1.165, 1.54) is 11.7 Å². The third kappa shape index (κ3) is 5.25. The van der Waals surface area contributed by atoms with E-state index in [0.717, 1.165) is 22.6 Å². The molecule has 0 N–H and O–H groups in total. The van der Waals surface area contributed by atoms with Crippen molar-refractivity contribution in [3.63, 3.8) is 0 Å². The summed E-state index contributed by atoms with van der Waals surface area (Å²) in [7, 11) is 3.08. The van der Waals surface area contributed by atoms with Crippen LogP contribution in [0.25, 0.3) is 5.57 Å². The van der Waals surface area contributed by atoms with E-state index < -0.39 is 17.6 Å². The zero-order chi connectivity index (χ0) is 31.7. The lowest BCUT2D eigenvalue weighted by Gasteiger charge is -2.27. The Hall–Kier alpha value is -4.96. The SMILES string of the molecule is CCCC1=C(C(=O)OCC)[C@H](c2cc(OC)ccc2OC)n2c(s/c(=C3/C(=O)N(Cc4ccccc4)c4ccccc43)c2=O)=N1. The quantitative estimate of drug-likeness (QED) is 0.255. The van der Waals surface area contributed by atoms with Gasteiger partial charge < -0.3 is 19.1 Å². The van der Waals surface area contributed by atoms with Gasteiger partial charge in [-0.05, 0) is 43.2 Å². The predicted molar refractivity (Wildman–Crippen MR) is 172 cm³/mol. The Labute approximate surface area is 264 Å². The van der Waals surface area contributed by atoms with Gasteiger partial charge in [-0.2, -0.15) is 0 Å². The van der Waals surface area contributed by atoms with Crippen LogP contribution in [0.4, 0.5) is 5.69 Å². The summed E-state index contributed by atoms with van der Waals surface area (Å²) in [5.74, 6) is 0.174. The highest BCUT2D eigenvalue weighted by atomic mass is 32.1. The van der Waals surface area contributed by atoms with E-state index in [1.54, 1.807) is 37.1 Å². The van der Waals surface area contributed by atoms with Crippen molar-refractivity contribution in [3.8, 4) is 11.5 Å². The smallest absolute Gasteiger partial charge is 0.338 e. The summed E-state index contributed by atoms with van der Waals surface area (Å²) in [5.41, 5.74) is 3.62. The molecule has 3 heterocycles. The molecule has 1 atom stereocenters. The number of carbonyl (C=O) groups is 2. The van der Waals surface area contributed by atoms with Crippen LogP contribution in [-0.2, 0) is 20.9 Å². The minimum absolute atomic E-state index is 0.154. The van der Waals surface area contributed by atoms with Crippen molar-refractivity contribution in [2.45, 2.75) is 39.3 Å². The average Bonchev–Trinajstić information content (AvgIpc) is 3.52. The topological polar surface area (TPSA) is 99.4 Å². The van der Waals surface area contributed by atoms with Crippen molar-refractivity contribution in [3.05, 3.63) is 120 Å². The molecule has 9 nitrogen and oxygen atoms in total. The minimum atomic E-state index is -0.923. The van der Waals surface area contributed by atoms with E-state index in [2.05, 4.69) is 0 Å². The van der Waals surface area contributed by atoms with Gasteiger partial charge in [-0.15, -0.1) is 0 Å². The maximum Gasteiger partial charge on any atom is 0.338 e. The predicted octanol–water partition coefficient (Wildman–Crippen LogP) is 4.51. The molecule has 2 aliphatic rings. The Morgan fingerprint density at radius 2 is 1.71 bits per heavy atom. The number of rotatable bonds is 9. The molecule has 3 aromatic carbocycles. The number of benzene rings is 3. The Morgan fingerprint density at radius 3 is 2.42 bits per heavy atom. The Kier molecular flexibility index (Phi) is 8.40. The zero-order valence-electron chi connectivity index (χ0n) is 25.5. The number of hydrogen-bond donors (Lipinski definition) is 0. The second kappa shape index (κ2) is 12.6. The van der Waals surface area contributed by atoms with Gasteiger partial charge in [-0.3, -0.25) is 14.2 Å². The largest absolute Gasteiger partial charge is 0.497 e. The first-order chi connectivity index (χ1) is 21.9. The molecule has 1 amide bonds. The van der Waals surface area contributed by atoms with Gasteiger partial charge in [-0.1, -0.05) is 73.2 Å². The van der Waals surface area contributed by atoms with Crippen LogP contribution in [0.5, 0.6) is 11.5 Å². The number of fused-ring (bicyclic) bond motifs is 2. The number of hydrogen-bond acceptors (Lipinski definition) is 8. The summed E-state index contributed by atoms with van der Waals surface area (Å²) in [6, 6.07) is 21.6. The number of anilines is 1. The monoisotopic (exact) mass is 623 g/mol. The molecule has 0 spiro atoms. The first-order valence-electron chi connectivity index (χ1n) is 14.8. The maximum atomic E-state index is 14.6. The molecule has 0 fully saturated rings. The Bertz CT molecular complexity index is 2010. The minimum Gasteiger partial charge on any atom is -0.497 e. The van der Waals surface area contributed by atoms with Crippen molar-refractivity contribution in [2.75, 3.05) is 25.7 Å². The number of allylic oxidation sites excluding steroid dienone is 1. The molecule has 2 aliphatic heterocycles. The standard InChI is InChI=1S/C35H33N3O6S/c1-5-12-25-29(34(41)44-6-2)30(24-19-22(42-3)17-18-27(24)43-4)38-33(40)31(45-35(38)36-25)28-23-15-10-11-16-26(23)37(32(28)39)20-21-13-8-7-9-14-21/h7-11,13-19,30H,5-6,12,20H2,1-4H3/b31-28+/t30-/m0/s1. The van der Waals surface area contributed by atoms with Gasteiger partial charge in [0, 0.05) is 11.1 Å². The molecule has 0 radical (unpaired) electrons. The zero-order valence-corrected chi connectivity index (χ0v) is 26.3. The van der Waals surface area contributed by atoms with E-state index in [1.807, 2.05) is 61.5 Å². The number of nitrogens with zero attached hydrogens (tertiary/aromatic N) is 3. The van der Waals surface area contributed by atoms with Crippen molar-refractivity contribution >= 4 is 34.5 Å². The van der Waals surface area contributed by atoms with E-state index in [9.17, 15) is 14.4 Å². The van der Waals surface area contributed by atoms with Crippen LogP contribution in [0, 0.1) is 0 Å². The number of esters is 1. The van der Waals surface area contributed by atoms with Crippen LogP contribution >= 0.6 is 11.3 Å². The van der Waals surface area contributed by atoms with E-state index in [-0.39, 0.29) is 22.6 Å². The first kappa shape index (κ1) is 30.1. The molecule has 0 aliphatic carbocycles. The number of ether oxygens (including phenoxy) is 3. The molecule has 0 unspecified atom stereocenters. The van der Waals surface area contributed by atoms with Crippen LogP contribution in [0.1, 0.15) is 49.4 Å². The summed E-state index contributed by atoms with van der Waals surface area (Å²) in [6.45, 7) is 4.25. The van der Waals surface area contributed by atoms with Crippen molar-refractivity contribution in [2.24, 2.45) is 4.99 Å². The molecule has 1 aromatic heterocycles. The van der Waals surface area contributed by atoms with E-state index in [0.29, 0.717) is 58.1 Å². The Balaban J connectivity index is 1.64. The molecule has 0 saturated carbocycles. The molecular weight excluding hydrogens is 590 g/mol. The van der Waals surface area contributed by atoms with Crippen LogP contribution in [0.2, 0.25) is 0 Å². The van der Waals surface area contributed by atoms with Crippen LogP contribution in [-0.4, -0.2) is 37.3 Å². The molecule has 0 saturated heterocycles. The highest BCUT2D eigenvalue weighted by molar-refractivity contribution is 7.07. The normalized spacial score (nSPS) is 16.7. The van der Waals surface area contributed by atoms with E-state index in [4.69, 9.17) is 19.2 Å². The fraction of sp³-hybridized carbons (Fsp3) is 0.257. The van der Waals surface area contributed by atoms with Gasteiger partial charge in [0.05, 0.1) is 49.9 Å². The second-order valence-electron chi connectivity index (χ2n) is 10.6. The summed E-state index contributed by atoms with van der Waals surface area (Å²) in [4.78, 5) is 49.4. The van der Waals surface area contributed by atoms with Crippen LogP contribution < -0.4 is 29.3 Å². The lowest BCUT2D eigenvalue weighted by atomic mass is 9.93. The molecule has 4 aromatic rings. The number of amides is 1. The number of aromatic nitrogens is 1. The summed E-state index contributed by atoms with van der Waals surface area (Å²) >= 11 is 1.15. The lowest BCUT2D eigenvalue weighted by Crippen LogP contribution is -2.41. The van der Waals surface area contributed by atoms with Gasteiger partial charge in [-0.25, -0.2) is 9.79 Å². The highest BCUT2D eigenvalue weighted by Crippen LogP contribution is 2.40. The number of carbonyl (C=O) groups excluding carboxylic acids is 2. The molecule has 10 heteroatoms. The van der Waals surface area contributed by atoms with Crippen molar-refractivity contribution in [1.82, 2.24) is 4.57 Å². The third-order valence-corrected chi connectivity index (χ3v) is 8.99. The summed E-state index contributed by atoms with van der Waals surface area (Å²) < 4.78 is 18.5. The van der Waals surface area contributed by atoms with Gasteiger partial charge in [0.25, 0.3) is 11.5 Å². The number of para-hydroxylation sites is 1. The Morgan fingerprint density at radius 1 is 0.956 bits per heavy atom. The third-order valence-electron chi connectivity index (χ3n) is 7.93. The number of thiazole rings is 1. The fourth-order valence-electron chi connectivity index (χ4n) is 5.94. The lowest BCUT2D eigenvalue weighted by molar-refractivity contribution is -0.139. The van der Waals surface area contributed by atoms with Crippen molar-refractivity contribution < 1.29 is 23.8 Å². The van der Waals surface area contributed by atoms with Crippen LogP contribution in [0.3, 0.4) is 0 Å². The molecule has 230 valence electrons. The fourth-order valence-corrected chi connectivity index (χ4v) is 7.05. The average molecular weight is 624 g/mol. The highest BCUT2D eigenvalue weighted by Gasteiger charge is 2.39. The second-order valence-corrected chi connectivity index (χ2v) is 11.6. The molecule has 6 rings (SSSR count). The number of methoxy groups -OCH3 is 2. The first-order valence-corrected chi connectivity index (χ1v) is 15.6. The molecule has 0 bridgehead atoms. The van der Waals surface area contributed by atoms with Gasteiger partial charge >= 0.3 is 5.97 Å².